The lowest BCUT2D eigenvalue weighted by atomic mass is 9.44. The first-order valence-electron chi connectivity index (χ1n) is 12.0. The second-order valence-corrected chi connectivity index (χ2v) is 12.2. The summed E-state index contributed by atoms with van der Waals surface area (Å²) in [5, 5.41) is 0. The van der Waals surface area contributed by atoms with Crippen LogP contribution in [0.5, 0.6) is 0 Å². The van der Waals surface area contributed by atoms with Gasteiger partial charge in [-0.25, -0.2) is 0 Å². The predicted octanol–water partition coefficient (Wildman–Crippen LogP) is 6.18. The van der Waals surface area contributed by atoms with Crippen LogP contribution in [0.15, 0.2) is 0 Å². The molecule has 164 valence electrons. The van der Waals surface area contributed by atoms with E-state index in [9.17, 15) is 9.59 Å². The van der Waals surface area contributed by atoms with Gasteiger partial charge in [0.25, 0.3) is 0 Å². The van der Waals surface area contributed by atoms with Crippen LogP contribution in [0.1, 0.15) is 85.0 Å². The molecule has 0 aliphatic heterocycles. The number of hydrogen-bond acceptors (Lipinski definition) is 3. The summed E-state index contributed by atoms with van der Waals surface area (Å²) in [7, 11) is 1.48. The first kappa shape index (κ1) is 21.8. The molecule has 4 aliphatic rings. The minimum atomic E-state index is -0.0962. The molecule has 0 heterocycles. The maximum Gasteiger partial charge on any atom is 0.305 e. The molecule has 4 fully saturated rings. The largest absolute Gasteiger partial charge is 0.469 e. The second kappa shape index (κ2) is 7.95. The van der Waals surface area contributed by atoms with Crippen molar-refractivity contribution in [3.05, 3.63) is 0 Å². The molecule has 0 unspecified atom stereocenters. The van der Waals surface area contributed by atoms with Gasteiger partial charge in [0.2, 0.25) is 0 Å². The highest BCUT2D eigenvalue weighted by molar-refractivity contribution is 9.10. The smallest absolute Gasteiger partial charge is 0.305 e. The summed E-state index contributed by atoms with van der Waals surface area (Å²) in [5.74, 6) is 3.45. The molecule has 4 saturated carbocycles. The summed E-state index contributed by atoms with van der Waals surface area (Å²) >= 11 is 3.90. The molecule has 29 heavy (non-hydrogen) atoms. The van der Waals surface area contributed by atoms with Gasteiger partial charge in [0.15, 0.2) is 0 Å². The van der Waals surface area contributed by atoms with Crippen LogP contribution in [0.2, 0.25) is 0 Å². The van der Waals surface area contributed by atoms with E-state index >= 15 is 0 Å². The Labute approximate surface area is 185 Å². The molecule has 0 aromatic rings. The van der Waals surface area contributed by atoms with Crippen LogP contribution in [0.25, 0.3) is 0 Å². The molecular weight excluding hydrogens is 428 g/mol. The lowest BCUT2D eigenvalue weighted by Gasteiger charge is -2.61. The number of alkyl halides is 1. The van der Waals surface area contributed by atoms with Gasteiger partial charge in [0.1, 0.15) is 5.78 Å². The zero-order valence-corrected chi connectivity index (χ0v) is 20.3. The fourth-order valence-electron chi connectivity index (χ4n) is 8.61. The molecule has 4 rings (SSSR count). The topological polar surface area (TPSA) is 43.4 Å². The Morgan fingerprint density at radius 2 is 1.79 bits per heavy atom. The number of ether oxygens (including phenoxy) is 1. The van der Waals surface area contributed by atoms with Crippen LogP contribution in [0.3, 0.4) is 0 Å². The van der Waals surface area contributed by atoms with Crippen molar-refractivity contribution in [2.24, 2.45) is 46.3 Å². The summed E-state index contributed by atoms with van der Waals surface area (Å²) in [6.07, 6.45) is 11.4. The molecule has 0 aromatic heterocycles. The van der Waals surface area contributed by atoms with E-state index < -0.39 is 0 Å². The summed E-state index contributed by atoms with van der Waals surface area (Å²) < 4.78 is 4.86. The number of fused-ring (bicyclic) bond motifs is 5. The van der Waals surface area contributed by atoms with Crippen molar-refractivity contribution in [2.75, 3.05) is 7.11 Å². The fourth-order valence-corrected chi connectivity index (χ4v) is 9.78. The van der Waals surface area contributed by atoms with E-state index in [4.69, 9.17) is 4.74 Å². The van der Waals surface area contributed by atoms with Crippen LogP contribution in [0.4, 0.5) is 0 Å². The first-order chi connectivity index (χ1) is 13.7. The molecule has 4 aliphatic carbocycles. The Morgan fingerprint density at radius 1 is 1.07 bits per heavy atom. The summed E-state index contributed by atoms with van der Waals surface area (Å²) in [6.45, 7) is 7.32. The molecule has 9 atom stereocenters. The van der Waals surface area contributed by atoms with E-state index in [2.05, 4.69) is 36.7 Å². The molecule has 0 aromatic carbocycles. The summed E-state index contributed by atoms with van der Waals surface area (Å²) in [4.78, 5) is 25.4. The number of rotatable bonds is 4. The maximum atomic E-state index is 13.7. The minimum absolute atomic E-state index is 0.0622. The van der Waals surface area contributed by atoms with Gasteiger partial charge in [-0.2, -0.15) is 0 Å². The average Bonchev–Trinajstić information content (AvgIpc) is 3.06. The Balaban J connectivity index is 1.57. The Kier molecular flexibility index (Phi) is 5.99. The Morgan fingerprint density at radius 3 is 2.52 bits per heavy atom. The van der Waals surface area contributed by atoms with E-state index in [0.29, 0.717) is 47.2 Å². The van der Waals surface area contributed by atoms with E-state index in [1.807, 2.05) is 0 Å². The van der Waals surface area contributed by atoms with Gasteiger partial charge in [-0.3, -0.25) is 9.59 Å². The second-order valence-electron chi connectivity index (χ2n) is 11.2. The fraction of sp³-hybridized carbons (Fsp3) is 0.920. The molecular formula is C25H39BrO3. The van der Waals surface area contributed by atoms with E-state index in [-0.39, 0.29) is 22.1 Å². The van der Waals surface area contributed by atoms with Gasteiger partial charge in [0.05, 0.1) is 11.9 Å². The third-order valence-electron chi connectivity index (χ3n) is 10.2. The van der Waals surface area contributed by atoms with Gasteiger partial charge in [-0.05, 0) is 85.4 Å². The first-order valence-corrected chi connectivity index (χ1v) is 12.9. The molecule has 0 N–H and O–H groups in total. The standard InChI is InChI=1S/C25H39BrO3/c1-15(8-11-20(27)29-4)16-9-10-17-21-18(12-14-25(16,17)3)24(2)13-6-5-7-19(24)22(26)23(21)28/h15-19,21-22H,5-14H2,1-4H3/t15-,16+,17+,18-,19-,21-,22+,24+,25+/m0/s1. The third-order valence-corrected chi connectivity index (χ3v) is 11.3. The Bertz CT molecular complexity index is 662. The van der Waals surface area contributed by atoms with Crippen LogP contribution in [0, 0.1) is 46.3 Å². The van der Waals surface area contributed by atoms with Gasteiger partial charge < -0.3 is 4.74 Å². The van der Waals surface area contributed by atoms with Crippen LogP contribution in [-0.2, 0) is 14.3 Å². The van der Waals surface area contributed by atoms with Gasteiger partial charge >= 0.3 is 5.97 Å². The number of carbonyl (C=O) groups excluding carboxylic acids is 2. The van der Waals surface area contributed by atoms with Crippen molar-refractivity contribution < 1.29 is 14.3 Å². The third kappa shape index (κ3) is 3.34. The van der Waals surface area contributed by atoms with Crippen molar-refractivity contribution in [1.29, 1.82) is 0 Å². The van der Waals surface area contributed by atoms with Crippen molar-refractivity contribution in [2.45, 2.75) is 89.8 Å². The lowest BCUT2D eigenvalue weighted by Crippen LogP contribution is -2.60. The quantitative estimate of drug-likeness (QED) is 0.367. The highest BCUT2D eigenvalue weighted by Crippen LogP contribution is 2.68. The average molecular weight is 467 g/mol. The van der Waals surface area contributed by atoms with Crippen LogP contribution >= 0.6 is 15.9 Å². The number of hydrogen-bond donors (Lipinski definition) is 0. The van der Waals surface area contributed by atoms with Crippen molar-refractivity contribution in [3.63, 3.8) is 0 Å². The normalized spacial score (nSPS) is 47.7. The number of Topliss-reactive ketones (excluding diaryl/α,β-unsaturated/α-hetero) is 1. The molecule has 0 bridgehead atoms. The van der Waals surface area contributed by atoms with Crippen LogP contribution < -0.4 is 0 Å². The number of methoxy groups -OCH3 is 1. The molecule has 3 nitrogen and oxygen atoms in total. The van der Waals surface area contributed by atoms with E-state index in [1.54, 1.807) is 0 Å². The zero-order valence-electron chi connectivity index (χ0n) is 18.7. The monoisotopic (exact) mass is 466 g/mol. The van der Waals surface area contributed by atoms with Crippen molar-refractivity contribution >= 4 is 27.7 Å². The number of ketones is 1. The van der Waals surface area contributed by atoms with E-state index in [1.165, 1.54) is 58.5 Å². The van der Waals surface area contributed by atoms with Gasteiger partial charge in [-0.15, -0.1) is 0 Å². The number of halogens is 1. The molecule has 0 saturated heterocycles. The lowest BCUT2D eigenvalue weighted by molar-refractivity contribution is -0.154. The molecule has 0 radical (unpaired) electrons. The minimum Gasteiger partial charge on any atom is -0.469 e. The zero-order chi connectivity index (χ0) is 21.0. The Hall–Kier alpha value is -0.380. The SMILES string of the molecule is COC(=O)CC[C@H](C)[C@H]1CC[C@@H]2[C@@H]3C(=O)[C@H](Br)[C@@H]4CCCC[C@]4(C)[C@H]3CC[C@@]21C. The summed E-state index contributed by atoms with van der Waals surface area (Å²) in [5.41, 5.74) is 0.581. The highest BCUT2D eigenvalue weighted by atomic mass is 79.9. The summed E-state index contributed by atoms with van der Waals surface area (Å²) in [6, 6.07) is 0. The van der Waals surface area contributed by atoms with Gasteiger partial charge in [0, 0.05) is 12.3 Å². The van der Waals surface area contributed by atoms with Crippen LogP contribution in [-0.4, -0.2) is 23.7 Å². The van der Waals surface area contributed by atoms with Gasteiger partial charge in [-0.1, -0.05) is 49.5 Å². The highest BCUT2D eigenvalue weighted by Gasteiger charge is 2.64. The number of carbonyl (C=O) groups is 2. The molecule has 0 spiro atoms. The predicted molar refractivity (Wildman–Crippen MR) is 119 cm³/mol. The molecule has 0 amide bonds. The molecule has 4 heteroatoms. The van der Waals surface area contributed by atoms with Crippen molar-refractivity contribution in [3.8, 4) is 0 Å². The van der Waals surface area contributed by atoms with E-state index in [0.717, 1.165) is 6.42 Å². The number of esters is 1. The maximum absolute atomic E-state index is 13.7. The van der Waals surface area contributed by atoms with Crippen molar-refractivity contribution in [1.82, 2.24) is 0 Å².